The Bertz CT molecular complexity index is 680. The minimum absolute atomic E-state index is 0.0715. The predicted molar refractivity (Wildman–Crippen MR) is 77.4 cm³/mol. The van der Waals surface area contributed by atoms with E-state index in [2.05, 4.69) is 5.32 Å². The Hall–Kier alpha value is -2.95. The van der Waals surface area contributed by atoms with E-state index < -0.39 is 11.9 Å². The number of hydrogen-bond donors (Lipinski definition) is 2. The summed E-state index contributed by atoms with van der Waals surface area (Å²) >= 11 is 0. The lowest BCUT2D eigenvalue weighted by Crippen LogP contribution is -2.16. The molecule has 2 aromatic carbocycles. The van der Waals surface area contributed by atoms with Crippen molar-refractivity contribution in [2.45, 2.75) is 6.42 Å². The van der Waals surface area contributed by atoms with E-state index >= 15 is 0 Å². The van der Waals surface area contributed by atoms with E-state index in [4.69, 9.17) is 5.11 Å². The summed E-state index contributed by atoms with van der Waals surface area (Å²) in [5, 5.41) is 11.4. The van der Waals surface area contributed by atoms with E-state index in [9.17, 15) is 14.4 Å². The molecule has 2 N–H and O–H groups in total. The number of carbonyl (C=O) groups is 3. The Morgan fingerprint density at radius 2 is 1.57 bits per heavy atom. The molecule has 0 atom stereocenters. The molecule has 0 aliphatic carbocycles. The monoisotopic (exact) mass is 283 g/mol. The third-order valence-electron chi connectivity index (χ3n) is 2.81. The van der Waals surface area contributed by atoms with Crippen LogP contribution in [-0.2, 0) is 4.79 Å². The molecule has 0 aromatic heterocycles. The molecule has 1 amide bonds. The molecule has 0 unspecified atom stereocenters. The van der Waals surface area contributed by atoms with Crippen molar-refractivity contribution in [1.82, 2.24) is 0 Å². The van der Waals surface area contributed by atoms with Crippen molar-refractivity contribution in [1.29, 1.82) is 0 Å². The number of hydrogen-bond acceptors (Lipinski definition) is 3. The molecule has 21 heavy (non-hydrogen) atoms. The zero-order valence-electron chi connectivity index (χ0n) is 11.1. The van der Waals surface area contributed by atoms with Gasteiger partial charge in [0.2, 0.25) is 5.91 Å². The van der Waals surface area contributed by atoms with Gasteiger partial charge in [0.1, 0.15) is 0 Å². The van der Waals surface area contributed by atoms with E-state index in [-0.39, 0.29) is 17.8 Å². The first-order chi connectivity index (χ1) is 10.1. The van der Waals surface area contributed by atoms with Crippen LogP contribution in [0.2, 0.25) is 0 Å². The van der Waals surface area contributed by atoms with Crippen LogP contribution >= 0.6 is 0 Å². The highest BCUT2D eigenvalue weighted by molar-refractivity contribution is 6.11. The summed E-state index contributed by atoms with van der Waals surface area (Å²) < 4.78 is 0. The highest BCUT2D eigenvalue weighted by Gasteiger charge is 2.12. The number of Topliss-reactive ketones (excluding diaryl/α,β-unsaturated/α-hetero) is 1. The summed E-state index contributed by atoms with van der Waals surface area (Å²) in [6, 6.07) is 14.4. The first-order valence-corrected chi connectivity index (χ1v) is 6.28. The van der Waals surface area contributed by atoms with Crippen molar-refractivity contribution >= 4 is 23.3 Å². The van der Waals surface area contributed by atoms with Crippen molar-refractivity contribution < 1.29 is 19.5 Å². The second kappa shape index (κ2) is 6.47. The van der Waals surface area contributed by atoms with Crippen molar-refractivity contribution in [3.05, 3.63) is 65.7 Å². The van der Waals surface area contributed by atoms with Gasteiger partial charge in [-0.2, -0.15) is 0 Å². The number of benzene rings is 2. The largest absolute Gasteiger partial charge is 0.478 e. The third kappa shape index (κ3) is 4.01. The van der Waals surface area contributed by atoms with Crippen molar-refractivity contribution in [2.24, 2.45) is 0 Å². The van der Waals surface area contributed by atoms with Gasteiger partial charge in [0.15, 0.2) is 5.78 Å². The van der Waals surface area contributed by atoms with Crippen LogP contribution in [0.3, 0.4) is 0 Å². The Balaban J connectivity index is 2.00. The van der Waals surface area contributed by atoms with Crippen LogP contribution in [0.1, 0.15) is 27.1 Å². The lowest BCUT2D eigenvalue weighted by molar-refractivity contribution is -0.115. The van der Waals surface area contributed by atoms with Gasteiger partial charge in [0, 0.05) is 11.3 Å². The van der Waals surface area contributed by atoms with Crippen molar-refractivity contribution in [3.8, 4) is 0 Å². The number of aromatic carboxylic acids is 1. The lowest BCUT2D eigenvalue weighted by atomic mass is 10.1. The van der Waals surface area contributed by atoms with E-state index in [1.165, 1.54) is 18.2 Å². The Morgan fingerprint density at radius 1 is 0.905 bits per heavy atom. The molecule has 0 saturated carbocycles. The van der Waals surface area contributed by atoms with Gasteiger partial charge in [0.25, 0.3) is 0 Å². The maximum Gasteiger partial charge on any atom is 0.335 e. The Morgan fingerprint density at radius 3 is 2.24 bits per heavy atom. The number of carboxylic acid groups (broad SMARTS) is 1. The highest BCUT2D eigenvalue weighted by Crippen LogP contribution is 2.12. The first kappa shape index (κ1) is 14.5. The molecule has 2 aromatic rings. The third-order valence-corrected chi connectivity index (χ3v) is 2.81. The average molecular weight is 283 g/mol. The average Bonchev–Trinajstić information content (AvgIpc) is 2.48. The van der Waals surface area contributed by atoms with E-state index in [0.717, 1.165) is 0 Å². The fourth-order valence-electron chi connectivity index (χ4n) is 1.81. The summed E-state index contributed by atoms with van der Waals surface area (Å²) in [6.45, 7) is 0. The van der Waals surface area contributed by atoms with Gasteiger partial charge in [0.05, 0.1) is 12.0 Å². The molecule has 0 saturated heterocycles. The fourth-order valence-corrected chi connectivity index (χ4v) is 1.81. The SMILES string of the molecule is O=C(CC(=O)c1ccccc1)Nc1cccc(C(=O)O)c1. The standard InChI is InChI=1S/C16H13NO4/c18-14(11-5-2-1-3-6-11)10-15(19)17-13-8-4-7-12(9-13)16(20)21/h1-9H,10H2,(H,17,19)(H,20,21). The number of ketones is 1. The van der Waals surface area contributed by atoms with Crippen LogP contribution in [0.15, 0.2) is 54.6 Å². The molecule has 2 rings (SSSR count). The highest BCUT2D eigenvalue weighted by atomic mass is 16.4. The fraction of sp³-hybridized carbons (Fsp3) is 0.0625. The molecule has 0 aliphatic rings. The molecule has 0 aliphatic heterocycles. The lowest BCUT2D eigenvalue weighted by Gasteiger charge is -2.05. The molecule has 0 heterocycles. The van der Waals surface area contributed by atoms with Crippen molar-refractivity contribution in [2.75, 3.05) is 5.32 Å². The quantitative estimate of drug-likeness (QED) is 0.652. The van der Waals surface area contributed by atoms with Gasteiger partial charge >= 0.3 is 5.97 Å². The minimum atomic E-state index is -1.08. The zero-order valence-corrected chi connectivity index (χ0v) is 11.1. The second-order valence-corrected chi connectivity index (χ2v) is 4.40. The first-order valence-electron chi connectivity index (χ1n) is 6.28. The molecule has 0 radical (unpaired) electrons. The number of nitrogens with one attached hydrogen (secondary N) is 1. The molecule has 106 valence electrons. The van der Waals surface area contributed by atoms with Gasteiger partial charge in [-0.05, 0) is 18.2 Å². The Kier molecular flexibility index (Phi) is 4.46. The molecule has 5 nitrogen and oxygen atoms in total. The van der Waals surface area contributed by atoms with Gasteiger partial charge in [-0.15, -0.1) is 0 Å². The summed E-state index contributed by atoms with van der Waals surface area (Å²) in [5.74, 6) is -1.85. The smallest absolute Gasteiger partial charge is 0.335 e. The normalized spacial score (nSPS) is 9.90. The topological polar surface area (TPSA) is 83.5 Å². The van der Waals surface area contributed by atoms with Crippen molar-refractivity contribution in [3.63, 3.8) is 0 Å². The van der Waals surface area contributed by atoms with Gasteiger partial charge in [-0.25, -0.2) is 4.79 Å². The van der Waals surface area contributed by atoms with Gasteiger partial charge in [-0.3, -0.25) is 9.59 Å². The van der Waals surface area contributed by atoms with Gasteiger partial charge < -0.3 is 10.4 Å². The molecule has 0 fully saturated rings. The number of carbonyl (C=O) groups excluding carboxylic acids is 2. The second-order valence-electron chi connectivity index (χ2n) is 4.40. The summed E-state index contributed by atoms with van der Waals surface area (Å²) in [4.78, 5) is 34.5. The van der Waals surface area contributed by atoms with Crippen LogP contribution < -0.4 is 5.32 Å². The van der Waals surface area contributed by atoms with Crippen LogP contribution in [0, 0.1) is 0 Å². The molecule has 5 heteroatoms. The van der Waals surface area contributed by atoms with Crippen LogP contribution in [0.25, 0.3) is 0 Å². The molecular weight excluding hydrogens is 270 g/mol. The molecular formula is C16H13NO4. The maximum absolute atomic E-state index is 11.9. The predicted octanol–water partition coefficient (Wildman–Crippen LogP) is 2.60. The van der Waals surface area contributed by atoms with Gasteiger partial charge in [-0.1, -0.05) is 36.4 Å². The van der Waals surface area contributed by atoms with Crippen LogP contribution in [-0.4, -0.2) is 22.8 Å². The minimum Gasteiger partial charge on any atom is -0.478 e. The summed E-state index contributed by atoms with van der Waals surface area (Å²) in [7, 11) is 0. The number of amides is 1. The van der Waals surface area contributed by atoms with Crippen LogP contribution in [0.4, 0.5) is 5.69 Å². The van der Waals surface area contributed by atoms with Crippen LogP contribution in [0.5, 0.6) is 0 Å². The number of carboxylic acids is 1. The summed E-state index contributed by atoms with van der Waals surface area (Å²) in [6.07, 6.45) is -0.290. The van der Waals surface area contributed by atoms with E-state index in [1.807, 2.05) is 0 Å². The molecule has 0 spiro atoms. The number of rotatable bonds is 5. The zero-order chi connectivity index (χ0) is 15.2. The summed E-state index contributed by atoms with van der Waals surface area (Å²) in [5.41, 5.74) is 0.884. The Labute approximate surface area is 121 Å². The molecule has 0 bridgehead atoms. The maximum atomic E-state index is 11.9. The number of anilines is 1. The van der Waals surface area contributed by atoms with E-state index in [1.54, 1.807) is 36.4 Å². The van der Waals surface area contributed by atoms with E-state index in [0.29, 0.717) is 11.3 Å².